The van der Waals surface area contributed by atoms with Crippen LogP contribution in [0.1, 0.15) is 17.5 Å². The first-order chi connectivity index (χ1) is 17.4. The number of ether oxygens (including phenoxy) is 1. The number of carbonyl (C=O) groups excluding carboxylic acids is 1. The minimum absolute atomic E-state index is 0.0244. The van der Waals surface area contributed by atoms with E-state index in [9.17, 15) is 13.6 Å². The van der Waals surface area contributed by atoms with Crippen molar-refractivity contribution in [3.63, 3.8) is 0 Å². The second kappa shape index (κ2) is 7.91. The number of guanidine groups is 1. The largest absolute Gasteiger partial charge is 0.455 e. The summed E-state index contributed by atoms with van der Waals surface area (Å²) in [5.41, 5.74) is 7.77. The molecule has 36 heavy (non-hydrogen) atoms. The van der Waals surface area contributed by atoms with Crippen molar-refractivity contribution in [3.05, 3.63) is 90.1 Å². The Morgan fingerprint density at radius 2 is 1.81 bits per heavy atom. The number of aliphatic imine (C=N–C) groups is 1. The molecule has 0 radical (unpaired) electrons. The molecule has 178 valence electrons. The van der Waals surface area contributed by atoms with E-state index in [0.29, 0.717) is 45.0 Å². The second-order valence-corrected chi connectivity index (χ2v) is 8.55. The first kappa shape index (κ1) is 21.8. The summed E-state index contributed by atoms with van der Waals surface area (Å²) in [5.74, 6) is -0.687. The minimum Gasteiger partial charge on any atom is -0.455 e. The van der Waals surface area contributed by atoms with Crippen LogP contribution < -0.4 is 10.5 Å². The molecule has 2 N–H and O–H groups in total. The van der Waals surface area contributed by atoms with Crippen LogP contribution in [0.3, 0.4) is 0 Å². The Kier molecular flexibility index (Phi) is 4.78. The number of nitrogens with two attached hydrogens (primary N) is 1. The Morgan fingerprint density at radius 1 is 0.972 bits per heavy atom. The van der Waals surface area contributed by atoms with E-state index >= 15 is 0 Å². The minimum atomic E-state index is -1.27. The fraction of sp³-hybridized carbons (Fsp3) is 0.115. The standard InChI is InChI=1S/C26H18F2N6O2/c1-34-23(35)12-26(33-25(34)29)17-9-14(16-3-2-7-31-24(16)28)4-5-20(17)36-21-13-32-19(11-18(21)26)15-6-8-30-22(27)10-15/h2-11,13H,12H2,1H3,(H2,29,33)/t26-/m1/s1. The fourth-order valence-electron chi connectivity index (χ4n) is 4.63. The first-order valence-corrected chi connectivity index (χ1v) is 11.0. The average Bonchev–Trinajstić information content (AvgIpc) is 2.87. The van der Waals surface area contributed by atoms with Gasteiger partial charge in [0.15, 0.2) is 11.7 Å². The molecule has 10 heteroatoms. The molecule has 1 amide bonds. The quantitative estimate of drug-likeness (QED) is 0.431. The van der Waals surface area contributed by atoms with E-state index in [4.69, 9.17) is 15.5 Å². The van der Waals surface area contributed by atoms with E-state index in [1.807, 2.05) is 0 Å². The van der Waals surface area contributed by atoms with Crippen LogP contribution in [0.15, 0.2) is 72.1 Å². The van der Waals surface area contributed by atoms with E-state index < -0.39 is 17.4 Å². The molecule has 0 unspecified atom stereocenters. The number of fused-ring (bicyclic) bond motifs is 4. The summed E-state index contributed by atoms with van der Waals surface area (Å²) in [6, 6.07) is 13.0. The Bertz CT molecular complexity index is 1590. The molecule has 0 aliphatic carbocycles. The third-order valence-corrected chi connectivity index (χ3v) is 6.48. The second-order valence-electron chi connectivity index (χ2n) is 8.55. The normalized spacial score (nSPS) is 18.4. The van der Waals surface area contributed by atoms with E-state index in [1.165, 1.54) is 29.6 Å². The first-order valence-electron chi connectivity index (χ1n) is 11.0. The van der Waals surface area contributed by atoms with Crippen molar-refractivity contribution in [2.24, 2.45) is 10.7 Å². The van der Waals surface area contributed by atoms with Crippen molar-refractivity contribution >= 4 is 11.9 Å². The Labute approximate surface area is 204 Å². The molecular formula is C26H18F2N6O2. The van der Waals surface area contributed by atoms with E-state index in [-0.39, 0.29) is 18.3 Å². The van der Waals surface area contributed by atoms with Crippen LogP contribution in [0, 0.1) is 11.9 Å². The van der Waals surface area contributed by atoms with Gasteiger partial charge in [-0.25, -0.2) is 15.0 Å². The number of halogens is 2. The molecule has 2 aliphatic heterocycles. The lowest BCUT2D eigenvalue weighted by atomic mass is 9.76. The van der Waals surface area contributed by atoms with Crippen LogP contribution in [0.5, 0.6) is 11.5 Å². The van der Waals surface area contributed by atoms with Gasteiger partial charge in [0.2, 0.25) is 17.8 Å². The van der Waals surface area contributed by atoms with E-state index in [1.54, 1.807) is 49.5 Å². The van der Waals surface area contributed by atoms with Gasteiger partial charge >= 0.3 is 0 Å². The Hall–Kier alpha value is -4.73. The van der Waals surface area contributed by atoms with Gasteiger partial charge in [0.05, 0.1) is 18.3 Å². The van der Waals surface area contributed by atoms with Crippen molar-refractivity contribution in [1.82, 2.24) is 19.9 Å². The SMILES string of the molecule is CN1C(=O)C[C@@]2(N=C1N)c1cc(-c3cccnc3F)ccc1Oc1cnc(-c3ccnc(F)c3)cc12. The van der Waals surface area contributed by atoms with Crippen LogP contribution in [-0.2, 0) is 10.3 Å². The average molecular weight is 484 g/mol. The topological polar surface area (TPSA) is 107 Å². The highest BCUT2D eigenvalue weighted by atomic mass is 19.1. The maximum Gasteiger partial charge on any atom is 0.232 e. The third kappa shape index (κ3) is 3.29. The number of pyridine rings is 3. The summed E-state index contributed by atoms with van der Waals surface area (Å²) >= 11 is 0. The molecule has 0 fully saturated rings. The van der Waals surface area contributed by atoms with Crippen LogP contribution in [0.4, 0.5) is 8.78 Å². The number of hydrogen-bond acceptors (Lipinski definition) is 7. The number of carbonyl (C=O) groups is 1. The summed E-state index contributed by atoms with van der Waals surface area (Å²) in [6.45, 7) is 0. The lowest BCUT2D eigenvalue weighted by molar-refractivity contribution is -0.128. The van der Waals surface area contributed by atoms with E-state index in [2.05, 4.69) is 15.0 Å². The molecule has 0 saturated heterocycles. The van der Waals surface area contributed by atoms with Gasteiger partial charge in [-0.05, 0) is 42.0 Å². The van der Waals surface area contributed by atoms with Crippen LogP contribution in [-0.4, -0.2) is 38.8 Å². The van der Waals surface area contributed by atoms with Crippen LogP contribution in [0.25, 0.3) is 22.4 Å². The van der Waals surface area contributed by atoms with Gasteiger partial charge in [-0.15, -0.1) is 0 Å². The molecular weight excluding hydrogens is 466 g/mol. The monoisotopic (exact) mass is 484 g/mol. The zero-order chi connectivity index (χ0) is 25.0. The number of rotatable bonds is 2. The molecule has 6 rings (SSSR count). The molecule has 4 aromatic rings. The molecule has 0 saturated carbocycles. The van der Waals surface area contributed by atoms with Crippen molar-refractivity contribution in [2.75, 3.05) is 7.05 Å². The highest BCUT2D eigenvalue weighted by Gasteiger charge is 2.48. The number of aromatic nitrogens is 3. The summed E-state index contributed by atoms with van der Waals surface area (Å²) in [6.07, 6.45) is 4.17. The van der Waals surface area contributed by atoms with Gasteiger partial charge < -0.3 is 10.5 Å². The van der Waals surface area contributed by atoms with Crippen molar-refractivity contribution in [2.45, 2.75) is 12.0 Å². The zero-order valence-electron chi connectivity index (χ0n) is 18.9. The maximum absolute atomic E-state index is 14.5. The molecule has 1 spiro atoms. The summed E-state index contributed by atoms with van der Waals surface area (Å²) in [5, 5.41) is 0. The van der Waals surface area contributed by atoms with Gasteiger partial charge in [0.1, 0.15) is 11.3 Å². The predicted octanol–water partition coefficient (Wildman–Crippen LogP) is 4.01. The van der Waals surface area contributed by atoms with Gasteiger partial charge in [0, 0.05) is 47.8 Å². The maximum atomic E-state index is 14.5. The number of nitrogens with zero attached hydrogens (tertiary/aromatic N) is 5. The van der Waals surface area contributed by atoms with Crippen molar-refractivity contribution < 1.29 is 18.3 Å². The molecule has 5 heterocycles. The highest BCUT2D eigenvalue weighted by Crippen LogP contribution is 2.53. The lowest BCUT2D eigenvalue weighted by Crippen LogP contribution is -2.49. The summed E-state index contributed by atoms with van der Waals surface area (Å²) in [4.78, 5) is 30.9. The molecule has 2 aliphatic rings. The highest BCUT2D eigenvalue weighted by molar-refractivity contribution is 6.00. The van der Waals surface area contributed by atoms with Crippen LogP contribution >= 0.6 is 0 Å². The summed E-state index contributed by atoms with van der Waals surface area (Å²) < 4.78 is 34.5. The van der Waals surface area contributed by atoms with Gasteiger partial charge in [0.25, 0.3) is 0 Å². The van der Waals surface area contributed by atoms with Crippen molar-refractivity contribution in [1.29, 1.82) is 0 Å². The molecule has 3 aromatic heterocycles. The zero-order valence-corrected chi connectivity index (χ0v) is 18.9. The van der Waals surface area contributed by atoms with Gasteiger partial charge in [-0.3, -0.25) is 14.7 Å². The van der Waals surface area contributed by atoms with E-state index in [0.717, 1.165) is 0 Å². The molecule has 8 nitrogen and oxygen atoms in total. The van der Waals surface area contributed by atoms with Crippen molar-refractivity contribution in [3.8, 4) is 33.9 Å². The number of hydrogen-bond donors (Lipinski definition) is 1. The fourth-order valence-corrected chi connectivity index (χ4v) is 4.63. The number of amides is 1. The molecule has 1 aromatic carbocycles. The Balaban J connectivity index is 1.61. The van der Waals surface area contributed by atoms with Gasteiger partial charge in [-0.2, -0.15) is 8.78 Å². The predicted molar refractivity (Wildman–Crippen MR) is 127 cm³/mol. The third-order valence-electron chi connectivity index (χ3n) is 6.48. The summed E-state index contributed by atoms with van der Waals surface area (Å²) in [7, 11) is 1.55. The smallest absolute Gasteiger partial charge is 0.232 e. The lowest BCUT2D eigenvalue weighted by Gasteiger charge is -2.41. The van der Waals surface area contributed by atoms with Gasteiger partial charge in [-0.1, -0.05) is 6.07 Å². The Morgan fingerprint density at radius 3 is 2.58 bits per heavy atom. The van der Waals surface area contributed by atoms with Crippen LogP contribution in [0.2, 0.25) is 0 Å². The molecule has 1 atom stereocenters. The number of benzene rings is 1. The molecule has 0 bridgehead atoms.